The highest BCUT2D eigenvalue weighted by Crippen LogP contribution is 2.43. The van der Waals surface area contributed by atoms with Gasteiger partial charge in [0.05, 0.1) is 40.3 Å². The minimum absolute atomic E-state index is 0.113. The van der Waals surface area contributed by atoms with Gasteiger partial charge in [-0.1, -0.05) is 0 Å². The van der Waals surface area contributed by atoms with E-state index in [9.17, 15) is 23.6 Å². The number of nitrogens with one attached hydrogen (secondary N) is 2. The molecule has 5 rings (SSSR count). The Morgan fingerprint density at radius 1 is 1.39 bits per heavy atom. The number of pyridine rings is 1. The first-order valence-corrected chi connectivity index (χ1v) is 11.7. The molecule has 3 atom stereocenters. The van der Waals surface area contributed by atoms with E-state index in [1.54, 1.807) is 29.1 Å². The Morgan fingerprint density at radius 3 is 2.87 bits per heavy atom. The maximum Gasteiger partial charge on any atom is 0.261 e. The van der Waals surface area contributed by atoms with Crippen LogP contribution in [-0.2, 0) is 9.84 Å². The average Bonchev–Trinajstić information content (AvgIpc) is 3.50. The summed E-state index contributed by atoms with van der Waals surface area (Å²) in [6.45, 7) is 1.48. The average molecular weight is 439 g/mol. The van der Waals surface area contributed by atoms with Crippen LogP contribution >= 0.6 is 0 Å². The molecule has 0 saturated heterocycles. The summed E-state index contributed by atoms with van der Waals surface area (Å²) in [5, 5.41) is 26.9. The Labute approximate surface area is 178 Å². The molecule has 1 aliphatic heterocycles. The molecular weight excluding hydrogens is 418 g/mol. The molecule has 0 bridgehead atoms. The van der Waals surface area contributed by atoms with Gasteiger partial charge in [-0.15, -0.1) is 0 Å². The van der Waals surface area contributed by atoms with Crippen LogP contribution in [0.1, 0.15) is 43.9 Å². The molecule has 0 amide bonds. The second-order valence-corrected chi connectivity index (χ2v) is 10.5. The number of aromatic nitrogens is 3. The lowest BCUT2D eigenvalue weighted by atomic mass is 10.1. The van der Waals surface area contributed by atoms with Gasteiger partial charge >= 0.3 is 0 Å². The maximum atomic E-state index is 12.6. The third-order valence-electron chi connectivity index (χ3n) is 6.24. The van der Waals surface area contributed by atoms with Crippen molar-refractivity contribution in [2.24, 2.45) is 5.92 Å². The number of aromatic amines is 1. The van der Waals surface area contributed by atoms with Crippen molar-refractivity contribution >= 4 is 32.2 Å². The third kappa shape index (κ3) is 3.04. The van der Waals surface area contributed by atoms with E-state index in [1.807, 2.05) is 0 Å². The number of aliphatic hydroxyl groups excluding tert-OH is 1. The van der Waals surface area contributed by atoms with Crippen LogP contribution in [0.4, 0.5) is 11.5 Å². The Morgan fingerprint density at radius 2 is 2.16 bits per heavy atom. The highest BCUT2D eigenvalue weighted by atomic mass is 32.2. The summed E-state index contributed by atoms with van der Waals surface area (Å²) < 4.78 is 26.6. The Balaban J connectivity index is 1.60. The molecule has 160 valence electrons. The van der Waals surface area contributed by atoms with E-state index in [0.717, 1.165) is 12.8 Å². The molecule has 2 aliphatic rings. The highest BCUT2D eigenvalue weighted by Gasteiger charge is 2.41. The second kappa shape index (κ2) is 6.93. The summed E-state index contributed by atoms with van der Waals surface area (Å²) in [6.07, 6.45) is 2.79. The van der Waals surface area contributed by atoms with Gasteiger partial charge in [0.2, 0.25) is 0 Å². The molecule has 9 nitrogen and oxygen atoms in total. The lowest BCUT2D eigenvalue weighted by molar-refractivity contribution is 0.179. The van der Waals surface area contributed by atoms with Crippen molar-refractivity contribution in [1.82, 2.24) is 14.8 Å². The first kappa shape index (κ1) is 19.8. The highest BCUT2D eigenvalue weighted by molar-refractivity contribution is 7.92. The fourth-order valence-electron chi connectivity index (χ4n) is 4.34. The topological polar surface area (TPSA) is 141 Å². The van der Waals surface area contributed by atoms with Crippen molar-refractivity contribution in [2.45, 2.75) is 48.5 Å². The summed E-state index contributed by atoms with van der Waals surface area (Å²) >= 11 is 0. The molecule has 3 N–H and O–H groups in total. The van der Waals surface area contributed by atoms with Crippen LogP contribution < -0.4 is 10.9 Å². The molecule has 0 spiro atoms. The number of rotatable bonds is 5. The summed E-state index contributed by atoms with van der Waals surface area (Å²) in [5.74, 6) is 0.681. The molecule has 1 fully saturated rings. The van der Waals surface area contributed by atoms with E-state index in [4.69, 9.17) is 0 Å². The molecule has 1 aliphatic carbocycles. The van der Waals surface area contributed by atoms with E-state index in [-0.39, 0.29) is 16.5 Å². The van der Waals surface area contributed by atoms with E-state index >= 15 is 0 Å². The number of anilines is 2. The van der Waals surface area contributed by atoms with Crippen LogP contribution in [0.5, 0.6) is 0 Å². The largest absolute Gasteiger partial charge is 0.387 e. The fourth-order valence-corrected chi connectivity index (χ4v) is 6.00. The van der Waals surface area contributed by atoms with E-state index in [2.05, 4.69) is 21.5 Å². The maximum absolute atomic E-state index is 12.6. The fraction of sp³-hybridized carbons (Fsp3) is 0.381. The number of hydrogen-bond acceptors (Lipinski definition) is 7. The van der Waals surface area contributed by atoms with Crippen LogP contribution in [0.3, 0.4) is 0 Å². The van der Waals surface area contributed by atoms with Gasteiger partial charge in [0, 0.05) is 17.4 Å². The molecule has 0 radical (unpaired) electrons. The van der Waals surface area contributed by atoms with Gasteiger partial charge in [0.15, 0.2) is 15.7 Å². The van der Waals surface area contributed by atoms with Gasteiger partial charge in [-0.25, -0.2) is 8.42 Å². The lowest BCUT2D eigenvalue weighted by Gasteiger charge is -2.14. The van der Waals surface area contributed by atoms with Crippen molar-refractivity contribution < 1.29 is 13.5 Å². The summed E-state index contributed by atoms with van der Waals surface area (Å²) in [5.41, 5.74) is 1.17. The molecule has 2 unspecified atom stereocenters. The summed E-state index contributed by atoms with van der Waals surface area (Å²) in [4.78, 5) is 15.4. The molecule has 10 heteroatoms. The molecule has 3 heterocycles. The van der Waals surface area contributed by atoms with Gasteiger partial charge in [0.25, 0.3) is 5.56 Å². The number of aliphatic hydroxyl groups is 1. The number of fused-ring (bicyclic) bond motifs is 2. The SMILES string of the molecule is CC1C(O)c2cc(Nc3nn([C@@H](CC#N)C4CC4)c4cc[nH]c(=O)c34)ccc2S1(=O)=O. The smallest absolute Gasteiger partial charge is 0.261 e. The van der Waals surface area contributed by atoms with Gasteiger partial charge in [-0.2, -0.15) is 10.4 Å². The zero-order valence-electron chi connectivity index (χ0n) is 16.7. The Kier molecular flexibility index (Phi) is 4.42. The van der Waals surface area contributed by atoms with E-state index in [1.165, 1.54) is 13.0 Å². The number of nitrogens with zero attached hydrogens (tertiary/aromatic N) is 3. The Bertz CT molecular complexity index is 1400. The predicted octanol–water partition coefficient (Wildman–Crippen LogP) is 2.54. The summed E-state index contributed by atoms with van der Waals surface area (Å²) in [6, 6.07) is 8.51. The zero-order chi connectivity index (χ0) is 21.9. The zero-order valence-corrected chi connectivity index (χ0v) is 17.6. The van der Waals surface area contributed by atoms with Crippen LogP contribution in [0, 0.1) is 17.2 Å². The first-order chi connectivity index (χ1) is 14.8. The van der Waals surface area contributed by atoms with Crippen LogP contribution in [-0.4, -0.2) is 33.5 Å². The molecule has 31 heavy (non-hydrogen) atoms. The van der Waals surface area contributed by atoms with Gasteiger partial charge in [-0.05, 0) is 49.9 Å². The van der Waals surface area contributed by atoms with Gasteiger partial charge < -0.3 is 15.4 Å². The minimum atomic E-state index is -3.56. The molecule has 2 aromatic heterocycles. The molecule has 1 aromatic carbocycles. The quantitative estimate of drug-likeness (QED) is 0.555. The monoisotopic (exact) mass is 439 g/mol. The van der Waals surface area contributed by atoms with Crippen LogP contribution in [0.25, 0.3) is 10.9 Å². The van der Waals surface area contributed by atoms with Crippen LogP contribution in [0.15, 0.2) is 40.2 Å². The van der Waals surface area contributed by atoms with Crippen molar-refractivity contribution in [2.75, 3.05) is 5.32 Å². The minimum Gasteiger partial charge on any atom is -0.387 e. The third-order valence-corrected chi connectivity index (χ3v) is 8.46. The van der Waals surface area contributed by atoms with Crippen molar-refractivity contribution in [3.05, 3.63) is 46.4 Å². The van der Waals surface area contributed by atoms with Crippen molar-refractivity contribution in [3.8, 4) is 6.07 Å². The van der Waals surface area contributed by atoms with E-state index < -0.39 is 21.2 Å². The number of benzene rings is 1. The number of hydrogen-bond donors (Lipinski definition) is 3. The Hall–Kier alpha value is -3.16. The second-order valence-electron chi connectivity index (χ2n) is 8.20. The normalized spacial score (nSPS) is 22.7. The molecule has 1 saturated carbocycles. The van der Waals surface area contributed by atoms with Crippen LogP contribution in [0.2, 0.25) is 0 Å². The summed E-state index contributed by atoms with van der Waals surface area (Å²) in [7, 11) is -3.56. The predicted molar refractivity (Wildman–Crippen MR) is 114 cm³/mol. The number of nitriles is 1. The molecule has 3 aromatic rings. The van der Waals surface area contributed by atoms with Crippen molar-refractivity contribution in [3.63, 3.8) is 0 Å². The van der Waals surface area contributed by atoms with Gasteiger partial charge in [0.1, 0.15) is 5.39 Å². The number of H-pyrrole nitrogens is 1. The number of sulfone groups is 1. The standard InChI is InChI=1S/C21H21N5O4S/c1-11-19(27)14-10-13(4-5-17(14)31(11,29)30)24-20-18-16(7-9-23-21(18)28)26(25-20)15(6-8-22)12-2-3-12/h4-5,7,9-12,15,19,27H,2-3,6H2,1H3,(H,23,28)(H,24,25)/t11?,15-,19?/m0/s1. The molecular formula is C21H21N5O4S. The lowest BCUT2D eigenvalue weighted by Crippen LogP contribution is -2.16. The van der Waals surface area contributed by atoms with Gasteiger partial charge in [-0.3, -0.25) is 9.48 Å². The van der Waals surface area contributed by atoms with E-state index in [0.29, 0.717) is 40.3 Å². The van der Waals surface area contributed by atoms with Crippen molar-refractivity contribution in [1.29, 1.82) is 5.26 Å². The first-order valence-electron chi connectivity index (χ1n) is 10.1.